The molecule has 2 aliphatic rings. The molecule has 1 N–H and O–H groups in total. The minimum absolute atomic E-state index is 0.0875. The van der Waals surface area contributed by atoms with Gasteiger partial charge in [0.15, 0.2) is 0 Å². The lowest BCUT2D eigenvalue weighted by Crippen LogP contribution is -2.47. The third-order valence-electron chi connectivity index (χ3n) is 4.20. The second-order valence-electron chi connectivity index (χ2n) is 5.62. The second-order valence-corrected chi connectivity index (χ2v) is 6.76. The minimum atomic E-state index is 0.0875. The van der Waals surface area contributed by atoms with Crippen molar-refractivity contribution in [1.82, 2.24) is 10.2 Å². The first-order valence-electron chi connectivity index (χ1n) is 7.45. The van der Waals surface area contributed by atoms with Gasteiger partial charge in [-0.3, -0.25) is 9.69 Å². The molecule has 1 atom stereocenters. The van der Waals surface area contributed by atoms with Crippen molar-refractivity contribution < 1.29 is 9.53 Å². The summed E-state index contributed by atoms with van der Waals surface area (Å²) in [5.74, 6) is 0.0875. The fraction of sp³-hybridized carbons (Fsp3) is 0.667. The van der Waals surface area contributed by atoms with Crippen molar-refractivity contribution in [3.8, 4) is 0 Å². The van der Waals surface area contributed by atoms with E-state index < -0.39 is 0 Å². The molecule has 1 aromatic heterocycles. The largest absolute Gasteiger partial charge is 0.379 e. The van der Waals surface area contributed by atoms with Crippen LogP contribution in [0, 0.1) is 0 Å². The van der Waals surface area contributed by atoms with Gasteiger partial charge in [0.25, 0.3) is 5.91 Å². The van der Waals surface area contributed by atoms with Gasteiger partial charge in [0.1, 0.15) is 0 Å². The first-order valence-corrected chi connectivity index (χ1v) is 8.27. The summed E-state index contributed by atoms with van der Waals surface area (Å²) in [6.07, 6.45) is 3.54. The van der Waals surface area contributed by atoms with Crippen molar-refractivity contribution in [2.24, 2.45) is 0 Å². The average molecular weight is 294 g/mol. The van der Waals surface area contributed by atoms with Crippen LogP contribution in [0.2, 0.25) is 0 Å². The van der Waals surface area contributed by atoms with Gasteiger partial charge < -0.3 is 10.1 Å². The molecule has 1 amide bonds. The van der Waals surface area contributed by atoms with Crippen LogP contribution >= 0.6 is 11.3 Å². The quantitative estimate of drug-likeness (QED) is 0.919. The maximum Gasteiger partial charge on any atom is 0.261 e. The van der Waals surface area contributed by atoms with Gasteiger partial charge >= 0.3 is 0 Å². The third-order valence-corrected chi connectivity index (χ3v) is 5.43. The molecule has 1 aromatic rings. The molecule has 1 aliphatic heterocycles. The first kappa shape index (κ1) is 14.0. The van der Waals surface area contributed by atoms with Gasteiger partial charge in [0.2, 0.25) is 0 Å². The zero-order valence-electron chi connectivity index (χ0n) is 12.0. The normalized spacial score (nSPS) is 20.6. The summed E-state index contributed by atoms with van der Waals surface area (Å²) in [7, 11) is 0. The molecule has 0 aromatic carbocycles. The smallest absolute Gasteiger partial charge is 0.261 e. The summed E-state index contributed by atoms with van der Waals surface area (Å²) in [5.41, 5.74) is 1.39. The molecule has 0 spiro atoms. The average Bonchev–Trinajstić information content (AvgIpc) is 3.06. The molecule has 4 nitrogen and oxygen atoms in total. The summed E-state index contributed by atoms with van der Waals surface area (Å²) in [6, 6.07) is 2.46. The number of hydrogen-bond acceptors (Lipinski definition) is 4. The van der Waals surface area contributed by atoms with Crippen LogP contribution in [0.3, 0.4) is 0 Å². The Kier molecular flexibility index (Phi) is 4.38. The number of amides is 1. The molecular formula is C15H22N2O2S. The maximum atomic E-state index is 12.2. The van der Waals surface area contributed by atoms with Gasteiger partial charge in [0, 0.05) is 30.6 Å². The van der Waals surface area contributed by atoms with Gasteiger partial charge in [-0.2, -0.15) is 0 Å². The molecule has 110 valence electrons. The van der Waals surface area contributed by atoms with E-state index in [2.05, 4.69) is 23.2 Å². The second kappa shape index (κ2) is 6.24. The van der Waals surface area contributed by atoms with Crippen LogP contribution in [-0.4, -0.2) is 49.7 Å². The van der Waals surface area contributed by atoms with Crippen molar-refractivity contribution in [3.05, 3.63) is 21.4 Å². The lowest BCUT2D eigenvalue weighted by Gasteiger charge is -2.32. The highest BCUT2D eigenvalue weighted by Crippen LogP contribution is 2.30. The Morgan fingerprint density at radius 1 is 1.45 bits per heavy atom. The van der Waals surface area contributed by atoms with E-state index in [1.54, 1.807) is 11.3 Å². The van der Waals surface area contributed by atoms with Crippen LogP contribution in [0.15, 0.2) is 6.07 Å². The van der Waals surface area contributed by atoms with E-state index in [-0.39, 0.29) is 5.91 Å². The third kappa shape index (κ3) is 3.05. The number of rotatable bonds is 4. The predicted molar refractivity (Wildman–Crippen MR) is 80.5 cm³/mol. The van der Waals surface area contributed by atoms with Crippen LogP contribution in [0.4, 0.5) is 0 Å². The molecule has 1 fully saturated rings. The highest BCUT2D eigenvalue weighted by atomic mass is 32.1. The summed E-state index contributed by atoms with van der Waals surface area (Å²) >= 11 is 1.67. The van der Waals surface area contributed by atoms with Crippen LogP contribution in [0.1, 0.15) is 33.5 Å². The standard InChI is InChI=1S/C15H22N2O2S/c1-11(17-5-7-19-8-6-17)10-16-15(18)14-9-12-3-2-4-13(12)20-14/h9,11H,2-8,10H2,1H3,(H,16,18)/t11-/m1/s1. The maximum absolute atomic E-state index is 12.2. The molecule has 20 heavy (non-hydrogen) atoms. The lowest BCUT2D eigenvalue weighted by molar-refractivity contribution is 0.0204. The molecule has 0 radical (unpaired) electrons. The molecule has 5 heteroatoms. The number of fused-ring (bicyclic) bond motifs is 1. The Labute approximate surface area is 124 Å². The number of thiophene rings is 1. The monoisotopic (exact) mass is 294 g/mol. The minimum Gasteiger partial charge on any atom is -0.379 e. The Balaban J connectivity index is 1.50. The number of aryl methyl sites for hydroxylation is 2. The van der Waals surface area contributed by atoms with E-state index >= 15 is 0 Å². The van der Waals surface area contributed by atoms with E-state index in [9.17, 15) is 4.79 Å². The number of carbonyl (C=O) groups is 1. The Bertz CT molecular complexity index is 459. The van der Waals surface area contributed by atoms with Crippen molar-refractivity contribution in [1.29, 1.82) is 0 Å². The van der Waals surface area contributed by atoms with Crippen molar-refractivity contribution >= 4 is 17.2 Å². The first-order chi connectivity index (χ1) is 9.74. The molecule has 2 heterocycles. The number of hydrogen-bond donors (Lipinski definition) is 1. The van der Waals surface area contributed by atoms with Crippen molar-refractivity contribution in [2.45, 2.75) is 32.2 Å². The molecule has 1 saturated heterocycles. The SMILES string of the molecule is C[C@H](CNC(=O)c1cc2c(s1)CCC2)N1CCOCC1. The number of nitrogens with zero attached hydrogens (tertiary/aromatic N) is 1. The van der Waals surface area contributed by atoms with Crippen molar-refractivity contribution in [2.75, 3.05) is 32.8 Å². The van der Waals surface area contributed by atoms with E-state index in [4.69, 9.17) is 4.74 Å². The van der Waals surface area contributed by atoms with E-state index in [0.29, 0.717) is 12.6 Å². The van der Waals surface area contributed by atoms with Crippen LogP contribution in [0.25, 0.3) is 0 Å². The topological polar surface area (TPSA) is 41.6 Å². The summed E-state index contributed by atoms with van der Waals surface area (Å²) in [4.78, 5) is 16.9. The van der Waals surface area contributed by atoms with Crippen molar-refractivity contribution in [3.63, 3.8) is 0 Å². The van der Waals surface area contributed by atoms with Crippen LogP contribution < -0.4 is 5.32 Å². The predicted octanol–water partition coefficient (Wildman–Crippen LogP) is 1.69. The molecule has 1 aliphatic carbocycles. The summed E-state index contributed by atoms with van der Waals surface area (Å²) in [5, 5.41) is 3.07. The lowest BCUT2D eigenvalue weighted by atomic mass is 10.2. The van der Waals surface area contributed by atoms with Gasteiger partial charge in [-0.05, 0) is 37.8 Å². The Morgan fingerprint density at radius 2 is 2.25 bits per heavy atom. The van der Waals surface area contributed by atoms with E-state index in [0.717, 1.165) is 44.0 Å². The highest BCUT2D eigenvalue weighted by Gasteiger charge is 2.20. The van der Waals surface area contributed by atoms with Gasteiger partial charge in [-0.15, -0.1) is 11.3 Å². The van der Waals surface area contributed by atoms with Crippen LogP contribution in [-0.2, 0) is 17.6 Å². The molecule has 3 rings (SSSR count). The van der Waals surface area contributed by atoms with Crippen LogP contribution in [0.5, 0.6) is 0 Å². The molecule has 0 saturated carbocycles. The fourth-order valence-corrected chi connectivity index (χ4v) is 4.09. The number of ether oxygens (including phenoxy) is 1. The van der Waals surface area contributed by atoms with Gasteiger partial charge in [0.05, 0.1) is 18.1 Å². The Morgan fingerprint density at radius 3 is 3.00 bits per heavy atom. The Hall–Kier alpha value is -0.910. The summed E-state index contributed by atoms with van der Waals surface area (Å²) in [6.45, 7) is 6.40. The molecule has 0 bridgehead atoms. The number of carbonyl (C=O) groups excluding carboxylic acids is 1. The fourth-order valence-electron chi connectivity index (χ4n) is 2.92. The molecular weight excluding hydrogens is 272 g/mol. The van der Waals surface area contributed by atoms with E-state index in [1.165, 1.54) is 16.9 Å². The number of nitrogens with one attached hydrogen (secondary N) is 1. The van der Waals surface area contributed by atoms with Gasteiger partial charge in [-0.25, -0.2) is 0 Å². The highest BCUT2D eigenvalue weighted by molar-refractivity contribution is 7.14. The van der Waals surface area contributed by atoms with Gasteiger partial charge in [-0.1, -0.05) is 0 Å². The summed E-state index contributed by atoms with van der Waals surface area (Å²) < 4.78 is 5.35. The van der Waals surface area contributed by atoms with E-state index in [1.807, 2.05) is 0 Å². The number of morpholine rings is 1. The molecule has 0 unspecified atom stereocenters. The zero-order valence-corrected chi connectivity index (χ0v) is 12.8. The zero-order chi connectivity index (χ0) is 13.9.